The van der Waals surface area contributed by atoms with Crippen LogP contribution in [-0.4, -0.2) is 4.98 Å². The van der Waals surface area contributed by atoms with Gasteiger partial charge in [-0.3, -0.25) is 0 Å². The molecule has 2 rings (SSSR count). The van der Waals surface area contributed by atoms with Gasteiger partial charge in [-0.15, -0.1) is 22.7 Å². The molecule has 0 aliphatic rings. The van der Waals surface area contributed by atoms with Gasteiger partial charge >= 0.3 is 0 Å². The molecule has 2 nitrogen and oxygen atoms in total. The number of aryl methyl sites for hydroxylation is 1. The molecule has 0 aromatic carbocycles. The molecule has 2 aromatic heterocycles. The predicted molar refractivity (Wildman–Crippen MR) is 63.8 cm³/mol. The van der Waals surface area contributed by atoms with Gasteiger partial charge in [-0.1, -0.05) is 13.3 Å². The lowest BCUT2D eigenvalue weighted by molar-refractivity contribution is 0.940. The number of aromatic nitrogens is 1. The van der Waals surface area contributed by atoms with Crippen LogP contribution in [0.4, 0.5) is 5.13 Å². The fraction of sp³-hybridized carbons (Fsp3) is 0.300. The molecule has 0 aliphatic carbocycles. The highest BCUT2D eigenvalue weighted by molar-refractivity contribution is 7.16. The van der Waals surface area contributed by atoms with E-state index >= 15 is 0 Å². The average molecular weight is 224 g/mol. The molecule has 0 saturated carbocycles. The lowest BCUT2D eigenvalue weighted by Crippen LogP contribution is -1.80. The third-order valence-electron chi connectivity index (χ3n) is 1.93. The molecular weight excluding hydrogens is 212 g/mol. The van der Waals surface area contributed by atoms with Crippen molar-refractivity contribution in [1.82, 2.24) is 4.98 Å². The van der Waals surface area contributed by atoms with Crippen molar-refractivity contribution in [2.45, 2.75) is 19.8 Å². The van der Waals surface area contributed by atoms with Crippen molar-refractivity contribution < 1.29 is 0 Å². The third-order valence-corrected chi connectivity index (χ3v) is 3.77. The number of thiophene rings is 1. The smallest absolute Gasteiger partial charge is 0.180 e. The fourth-order valence-electron chi connectivity index (χ4n) is 1.30. The molecule has 0 fully saturated rings. The van der Waals surface area contributed by atoms with E-state index in [4.69, 9.17) is 5.73 Å². The summed E-state index contributed by atoms with van der Waals surface area (Å²) in [5, 5.41) is 2.65. The summed E-state index contributed by atoms with van der Waals surface area (Å²) in [5.41, 5.74) is 6.61. The zero-order valence-corrected chi connectivity index (χ0v) is 9.62. The van der Waals surface area contributed by atoms with Crippen molar-refractivity contribution in [3.8, 4) is 10.6 Å². The summed E-state index contributed by atoms with van der Waals surface area (Å²) >= 11 is 3.31. The Morgan fingerprint density at radius 3 is 2.93 bits per heavy atom. The molecule has 2 aromatic rings. The van der Waals surface area contributed by atoms with Crippen LogP contribution in [0.5, 0.6) is 0 Å². The SMILES string of the molecule is CCCc1ccc(-c2csc(N)n2)s1. The van der Waals surface area contributed by atoms with Crippen LogP contribution in [0, 0.1) is 0 Å². The van der Waals surface area contributed by atoms with Crippen LogP contribution < -0.4 is 5.73 Å². The van der Waals surface area contributed by atoms with E-state index in [2.05, 4.69) is 24.0 Å². The highest BCUT2D eigenvalue weighted by Crippen LogP contribution is 2.30. The Kier molecular flexibility index (Phi) is 2.84. The Balaban J connectivity index is 2.24. The summed E-state index contributed by atoms with van der Waals surface area (Å²) in [6.07, 6.45) is 2.35. The van der Waals surface area contributed by atoms with Crippen molar-refractivity contribution in [1.29, 1.82) is 0 Å². The zero-order chi connectivity index (χ0) is 9.97. The van der Waals surface area contributed by atoms with Gasteiger partial charge in [0.25, 0.3) is 0 Å². The van der Waals surface area contributed by atoms with Crippen molar-refractivity contribution in [3.63, 3.8) is 0 Å². The van der Waals surface area contributed by atoms with Gasteiger partial charge in [-0.05, 0) is 18.6 Å². The van der Waals surface area contributed by atoms with E-state index < -0.39 is 0 Å². The maximum absolute atomic E-state index is 5.59. The number of thiazole rings is 1. The molecule has 74 valence electrons. The van der Waals surface area contributed by atoms with Gasteiger partial charge in [0.15, 0.2) is 5.13 Å². The number of nitrogens with two attached hydrogens (primary N) is 1. The number of nitrogens with zero attached hydrogens (tertiary/aromatic N) is 1. The molecule has 0 bridgehead atoms. The first-order chi connectivity index (χ1) is 6.79. The molecule has 4 heteroatoms. The van der Waals surface area contributed by atoms with Gasteiger partial charge in [0.05, 0.1) is 10.6 Å². The highest BCUT2D eigenvalue weighted by Gasteiger charge is 2.05. The monoisotopic (exact) mass is 224 g/mol. The standard InChI is InChI=1S/C10H12N2S2/c1-2-3-7-4-5-9(14-7)8-6-13-10(11)12-8/h4-6H,2-3H2,1H3,(H2,11,12). The maximum atomic E-state index is 5.59. The van der Waals surface area contributed by atoms with E-state index in [1.165, 1.54) is 27.5 Å². The van der Waals surface area contributed by atoms with E-state index in [0.717, 1.165) is 12.1 Å². The first-order valence-corrected chi connectivity index (χ1v) is 6.29. The molecule has 2 heterocycles. The van der Waals surface area contributed by atoms with Crippen LogP contribution >= 0.6 is 22.7 Å². The number of nitrogen functional groups attached to an aromatic ring is 1. The van der Waals surface area contributed by atoms with E-state index in [1.54, 1.807) is 0 Å². The van der Waals surface area contributed by atoms with Gasteiger partial charge in [0.1, 0.15) is 0 Å². The van der Waals surface area contributed by atoms with Gasteiger partial charge in [0, 0.05) is 10.3 Å². The highest BCUT2D eigenvalue weighted by atomic mass is 32.1. The summed E-state index contributed by atoms with van der Waals surface area (Å²) < 4.78 is 0. The average Bonchev–Trinajstić information content (AvgIpc) is 2.74. The van der Waals surface area contributed by atoms with Crippen molar-refractivity contribution in [2.75, 3.05) is 5.73 Å². The Morgan fingerprint density at radius 2 is 2.29 bits per heavy atom. The third kappa shape index (κ3) is 1.96. The quantitative estimate of drug-likeness (QED) is 0.867. The molecule has 0 atom stereocenters. The van der Waals surface area contributed by atoms with Gasteiger partial charge in [0.2, 0.25) is 0 Å². The number of anilines is 1. The number of hydrogen-bond acceptors (Lipinski definition) is 4. The molecule has 14 heavy (non-hydrogen) atoms. The van der Waals surface area contributed by atoms with E-state index in [0.29, 0.717) is 5.13 Å². The molecule has 0 amide bonds. The Bertz CT molecular complexity index is 417. The van der Waals surface area contributed by atoms with E-state index in [1.807, 2.05) is 16.7 Å². The van der Waals surface area contributed by atoms with Gasteiger partial charge < -0.3 is 5.73 Å². The Labute approximate surface area is 91.4 Å². The molecule has 0 unspecified atom stereocenters. The lowest BCUT2D eigenvalue weighted by atomic mass is 10.3. The zero-order valence-electron chi connectivity index (χ0n) is 7.99. The van der Waals surface area contributed by atoms with E-state index in [9.17, 15) is 0 Å². The Hall–Kier alpha value is -0.870. The fourth-order valence-corrected chi connectivity index (χ4v) is 3.00. The van der Waals surface area contributed by atoms with Crippen LogP contribution in [0.2, 0.25) is 0 Å². The molecule has 0 saturated heterocycles. The van der Waals surface area contributed by atoms with Crippen LogP contribution in [0.3, 0.4) is 0 Å². The summed E-state index contributed by atoms with van der Waals surface area (Å²) in [6, 6.07) is 4.31. The predicted octanol–water partition coefficient (Wildman–Crippen LogP) is 3.41. The van der Waals surface area contributed by atoms with Crippen LogP contribution in [0.15, 0.2) is 17.5 Å². The van der Waals surface area contributed by atoms with Crippen molar-refractivity contribution >= 4 is 27.8 Å². The normalized spacial score (nSPS) is 10.6. The van der Waals surface area contributed by atoms with Gasteiger partial charge in [-0.25, -0.2) is 4.98 Å². The number of rotatable bonds is 3. The summed E-state index contributed by atoms with van der Waals surface area (Å²) in [6.45, 7) is 2.19. The lowest BCUT2D eigenvalue weighted by Gasteiger charge is -1.89. The minimum absolute atomic E-state index is 0.644. The summed E-state index contributed by atoms with van der Waals surface area (Å²) in [5.74, 6) is 0. The second-order valence-corrected chi connectivity index (χ2v) is 5.14. The summed E-state index contributed by atoms with van der Waals surface area (Å²) in [7, 11) is 0. The molecule has 0 spiro atoms. The minimum atomic E-state index is 0.644. The minimum Gasteiger partial charge on any atom is -0.375 e. The molecule has 0 radical (unpaired) electrons. The first kappa shape index (κ1) is 9.68. The topological polar surface area (TPSA) is 38.9 Å². The number of hydrogen-bond donors (Lipinski definition) is 1. The van der Waals surface area contributed by atoms with Crippen LogP contribution in [0.25, 0.3) is 10.6 Å². The molecular formula is C10H12N2S2. The van der Waals surface area contributed by atoms with Gasteiger partial charge in [-0.2, -0.15) is 0 Å². The van der Waals surface area contributed by atoms with Crippen molar-refractivity contribution in [3.05, 3.63) is 22.4 Å². The second kappa shape index (κ2) is 4.11. The molecule has 2 N–H and O–H groups in total. The summed E-state index contributed by atoms with van der Waals surface area (Å²) in [4.78, 5) is 6.91. The second-order valence-electron chi connectivity index (χ2n) is 3.09. The largest absolute Gasteiger partial charge is 0.375 e. The molecule has 0 aliphatic heterocycles. The van der Waals surface area contributed by atoms with Crippen LogP contribution in [0.1, 0.15) is 18.2 Å². The van der Waals surface area contributed by atoms with E-state index in [-0.39, 0.29) is 0 Å². The Morgan fingerprint density at radius 1 is 1.43 bits per heavy atom. The van der Waals surface area contributed by atoms with Crippen LogP contribution in [-0.2, 0) is 6.42 Å². The van der Waals surface area contributed by atoms with Crippen molar-refractivity contribution in [2.24, 2.45) is 0 Å². The maximum Gasteiger partial charge on any atom is 0.180 e. The first-order valence-electron chi connectivity index (χ1n) is 4.59.